The van der Waals surface area contributed by atoms with Crippen molar-refractivity contribution >= 4 is 10.0 Å². The molecule has 2 rings (SSSR count). The van der Waals surface area contributed by atoms with E-state index in [2.05, 4.69) is 14.9 Å². The van der Waals surface area contributed by atoms with Crippen molar-refractivity contribution in [2.24, 2.45) is 0 Å². The lowest BCUT2D eigenvalue weighted by Gasteiger charge is -2.16. The normalized spacial score (nSPS) is 18.0. The summed E-state index contributed by atoms with van der Waals surface area (Å²) in [6, 6.07) is 7.23. The number of sulfonamides is 1. The second-order valence-corrected chi connectivity index (χ2v) is 7.30. The van der Waals surface area contributed by atoms with Crippen molar-refractivity contribution in [3.05, 3.63) is 29.8 Å². The van der Waals surface area contributed by atoms with Gasteiger partial charge in [0.05, 0.1) is 4.90 Å². The molecule has 21 heavy (non-hydrogen) atoms. The van der Waals surface area contributed by atoms with E-state index in [-0.39, 0.29) is 6.04 Å². The Hall–Kier alpha value is -0.950. The highest BCUT2D eigenvalue weighted by atomic mass is 32.2. The van der Waals surface area contributed by atoms with Gasteiger partial charge in [-0.25, -0.2) is 13.1 Å². The summed E-state index contributed by atoms with van der Waals surface area (Å²) in [6.45, 7) is 5.42. The average Bonchev–Trinajstić information content (AvgIpc) is 2.99. The maximum absolute atomic E-state index is 12.3. The Morgan fingerprint density at radius 3 is 2.67 bits per heavy atom. The Morgan fingerprint density at radius 1 is 1.29 bits per heavy atom. The number of hydrogen-bond acceptors (Lipinski definition) is 4. The van der Waals surface area contributed by atoms with Crippen molar-refractivity contribution in [1.29, 1.82) is 0 Å². The van der Waals surface area contributed by atoms with Gasteiger partial charge in [0.1, 0.15) is 0 Å². The van der Waals surface area contributed by atoms with Gasteiger partial charge in [-0.2, -0.15) is 0 Å². The molecule has 0 spiro atoms. The van der Waals surface area contributed by atoms with Crippen LogP contribution in [0.4, 0.5) is 0 Å². The van der Waals surface area contributed by atoms with E-state index in [9.17, 15) is 8.42 Å². The Morgan fingerprint density at radius 2 is 2.00 bits per heavy atom. The molecule has 0 saturated carbocycles. The van der Waals surface area contributed by atoms with E-state index >= 15 is 0 Å². The molecule has 6 heteroatoms. The molecule has 5 nitrogen and oxygen atoms in total. The standard InChI is InChI=1S/C15H25N3O2S/c1-13(16-2)14-6-5-7-15(12-14)21(19,20)17-8-11-18-9-3-4-10-18/h5-7,12-13,16-17H,3-4,8-11H2,1-2H3. The molecule has 0 aliphatic carbocycles. The second kappa shape index (κ2) is 7.35. The van der Waals surface area contributed by atoms with Crippen LogP contribution in [0, 0.1) is 0 Å². The highest BCUT2D eigenvalue weighted by Crippen LogP contribution is 2.17. The van der Waals surface area contributed by atoms with Gasteiger partial charge in [-0.15, -0.1) is 0 Å². The van der Waals surface area contributed by atoms with Crippen LogP contribution in [0.15, 0.2) is 29.2 Å². The first-order valence-corrected chi connectivity index (χ1v) is 9.00. The topological polar surface area (TPSA) is 61.4 Å². The lowest BCUT2D eigenvalue weighted by Crippen LogP contribution is -2.33. The van der Waals surface area contributed by atoms with E-state index in [1.54, 1.807) is 18.2 Å². The van der Waals surface area contributed by atoms with Crippen LogP contribution in [0.3, 0.4) is 0 Å². The van der Waals surface area contributed by atoms with Crippen LogP contribution in [-0.4, -0.2) is 46.5 Å². The summed E-state index contributed by atoms with van der Waals surface area (Å²) in [5.41, 5.74) is 0.972. The van der Waals surface area contributed by atoms with Crippen molar-refractivity contribution in [3.63, 3.8) is 0 Å². The molecule has 1 saturated heterocycles. The Balaban J connectivity index is 1.98. The molecule has 1 aromatic carbocycles. The van der Waals surface area contributed by atoms with Crippen LogP contribution in [0.2, 0.25) is 0 Å². The zero-order valence-electron chi connectivity index (χ0n) is 12.8. The number of nitrogens with one attached hydrogen (secondary N) is 2. The van der Waals surface area contributed by atoms with Gasteiger partial charge < -0.3 is 10.2 Å². The number of nitrogens with zero attached hydrogens (tertiary/aromatic N) is 1. The molecule has 1 fully saturated rings. The summed E-state index contributed by atoms with van der Waals surface area (Å²) < 4.78 is 27.3. The largest absolute Gasteiger partial charge is 0.313 e. The maximum atomic E-state index is 12.3. The van der Waals surface area contributed by atoms with Crippen LogP contribution < -0.4 is 10.0 Å². The molecule has 2 N–H and O–H groups in total. The van der Waals surface area contributed by atoms with Gasteiger partial charge in [0, 0.05) is 19.1 Å². The Bertz CT molecular complexity index is 554. The van der Waals surface area contributed by atoms with Crippen LogP contribution in [-0.2, 0) is 10.0 Å². The zero-order chi connectivity index (χ0) is 15.3. The molecule has 0 aromatic heterocycles. The van der Waals surface area contributed by atoms with Crippen molar-refractivity contribution in [2.75, 3.05) is 33.2 Å². The molecule has 1 aliphatic heterocycles. The summed E-state index contributed by atoms with van der Waals surface area (Å²) >= 11 is 0. The van der Waals surface area contributed by atoms with E-state index in [4.69, 9.17) is 0 Å². The predicted molar refractivity (Wildman–Crippen MR) is 84.8 cm³/mol. The summed E-state index contributed by atoms with van der Waals surface area (Å²) in [5.74, 6) is 0. The maximum Gasteiger partial charge on any atom is 0.240 e. The van der Waals surface area contributed by atoms with Crippen LogP contribution in [0.1, 0.15) is 31.4 Å². The van der Waals surface area contributed by atoms with Gasteiger partial charge in [0.15, 0.2) is 0 Å². The third-order valence-electron chi connectivity index (χ3n) is 4.02. The monoisotopic (exact) mass is 311 g/mol. The number of rotatable bonds is 7. The molecule has 1 atom stereocenters. The second-order valence-electron chi connectivity index (χ2n) is 5.53. The minimum absolute atomic E-state index is 0.129. The molecular weight excluding hydrogens is 286 g/mol. The van der Waals surface area contributed by atoms with Crippen LogP contribution in [0.25, 0.3) is 0 Å². The fourth-order valence-electron chi connectivity index (χ4n) is 2.55. The third-order valence-corrected chi connectivity index (χ3v) is 5.48. The average molecular weight is 311 g/mol. The van der Waals surface area contributed by atoms with Crippen molar-refractivity contribution < 1.29 is 8.42 Å². The van der Waals surface area contributed by atoms with Crippen molar-refractivity contribution in [3.8, 4) is 0 Å². The first kappa shape index (κ1) is 16.4. The lowest BCUT2D eigenvalue weighted by atomic mass is 10.1. The van der Waals surface area contributed by atoms with Gasteiger partial charge in [-0.3, -0.25) is 0 Å². The Labute approximate surface area is 127 Å². The van der Waals surface area contributed by atoms with E-state index in [0.29, 0.717) is 11.4 Å². The highest BCUT2D eigenvalue weighted by molar-refractivity contribution is 7.89. The minimum Gasteiger partial charge on any atom is -0.313 e. The minimum atomic E-state index is -3.42. The quantitative estimate of drug-likeness (QED) is 0.798. The third kappa shape index (κ3) is 4.51. The van der Waals surface area contributed by atoms with Crippen LogP contribution >= 0.6 is 0 Å². The summed E-state index contributed by atoms with van der Waals surface area (Å²) in [5, 5.41) is 3.12. The molecule has 1 heterocycles. The molecule has 118 valence electrons. The smallest absolute Gasteiger partial charge is 0.240 e. The highest BCUT2D eigenvalue weighted by Gasteiger charge is 2.17. The molecule has 0 bridgehead atoms. The number of likely N-dealkylation sites (tertiary alicyclic amines) is 1. The summed E-state index contributed by atoms with van der Waals surface area (Å²) in [6.07, 6.45) is 2.44. The first-order valence-electron chi connectivity index (χ1n) is 7.52. The molecule has 1 aromatic rings. The van der Waals surface area contributed by atoms with E-state index < -0.39 is 10.0 Å². The molecule has 1 unspecified atom stereocenters. The van der Waals surface area contributed by atoms with E-state index in [0.717, 1.165) is 25.2 Å². The first-order chi connectivity index (χ1) is 10.0. The van der Waals surface area contributed by atoms with Crippen LogP contribution in [0.5, 0.6) is 0 Å². The predicted octanol–water partition coefficient (Wildman–Crippen LogP) is 1.34. The number of benzene rings is 1. The summed E-state index contributed by atoms with van der Waals surface area (Å²) in [4.78, 5) is 2.63. The Kier molecular flexibility index (Phi) is 5.75. The fraction of sp³-hybridized carbons (Fsp3) is 0.600. The molecular formula is C15H25N3O2S. The van der Waals surface area contributed by atoms with E-state index in [1.807, 2.05) is 20.0 Å². The van der Waals surface area contributed by atoms with Gasteiger partial charge in [-0.1, -0.05) is 12.1 Å². The fourth-order valence-corrected chi connectivity index (χ4v) is 3.62. The zero-order valence-corrected chi connectivity index (χ0v) is 13.6. The lowest BCUT2D eigenvalue weighted by molar-refractivity contribution is 0.344. The molecule has 1 aliphatic rings. The van der Waals surface area contributed by atoms with Gasteiger partial charge in [-0.05, 0) is 57.6 Å². The molecule has 0 amide bonds. The van der Waals surface area contributed by atoms with Gasteiger partial charge in [0.25, 0.3) is 0 Å². The molecule has 0 radical (unpaired) electrons. The van der Waals surface area contributed by atoms with Gasteiger partial charge >= 0.3 is 0 Å². The van der Waals surface area contributed by atoms with E-state index in [1.165, 1.54) is 12.8 Å². The van der Waals surface area contributed by atoms with Crippen molar-refractivity contribution in [1.82, 2.24) is 14.9 Å². The van der Waals surface area contributed by atoms with Crippen molar-refractivity contribution in [2.45, 2.75) is 30.7 Å². The van der Waals surface area contributed by atoms with Gasteiger partial charge in [0.2, 0.25) is 10.0 Å². The number of hydrogen-bond donors (Lipinski definition) is 2. The summed E-state index contributed by atoms with van der Waals surface area (Å²) in [7, 11) is -1.56. The SMILES string of the molecule is CNC(C)c1cccc(S(=O)(=O)NCCN2CCCC2)c1.